The number of methoxy groups -OCH3 is 1. The fraction of sp³-hybridized carbons (Fsp3) is 0.609. The first-order valence-electron chi connectivity index (χ1n) is 11.1. The van der Waals surface area contributed by atoms with Crippen LogP contribution in [0.1, 0.15) is 49.3 Å². The minimum atomic E-state index is -0.868. The highest BCUT2D eigenvalue weighted by Gasteiger charge is 2.60. The fourth-order valence-electron chi connectivity index (χ4n) is 4.95. The van der Waals surface area contributed by atoms with Gasteiger partial charge in [-0.15, -0.1) is 0 Å². The Hall–Kier alpha value is -2.29. The summed E-state index contributed by atoms with van der Waals surface area (Å²) in [6.07, 6.45) is 4.07. The molecule has 4 rings (SSSR count). The number of benzene rings is 1. The summed E-state index contributed by atoms with van der Waals surface area (Å²) in [5.74, 6) is -1.31. The molecule has 3 fully saturated rings. The molecule has 1 saturated carbocycles. The number of amides is 3. The van der Waals surface area contributed by atoms with Gasteiger partial charge in [0, 0.05) is 19.7 Å². The van der Waals surface area contributed by atoms with E-state index in [0.29, 0.717) is 13.2 Å². The third-order valence-corrected chi connectivity index (χ3v) is 6.52. The Balaban J connectivity index is 1.58. The molecular weight excluding hydrogens is 398 g/mol. The average molecular weight is 430 g/mol. The van der Waals surface area contributed by atoms with Crippen LogP contribution in [0, 0.1) is 12.8 Å². The van der Waals surface area contributed by atoms with Crippen LogP contribution in [-0.2, 0) is 24.0 Å². The zero-order chi connectivity index (χ0) is 22.0. The number of hydrogen-bond donors (Lipinski definition) is 1. The molecule has 1 aromatic carbocycles. The van der Waals surface area contributed by atoms with Crippen molar-refractivity contribution in [1.29, 1.82) is 0 Å². The van der Waals surface area contributed by atoms with E-state index in [4.69, 9.17) is 9.57 Å². The van der Waals surface area contributed by atoms with Crippen LogP contribution in [0.4, 0.5) is 0 Å². The smallest absolute Gasteiger partial charge is 0.261 e. The van der Waals surface area contributed by atoms with Gasteiger partial charge in [-0.2, -0.15) is 5.06 Å². The van der Waals surface area contributed by atoms with E-state index in [0.717, 1.165) is 43.2 Å². The molecule has 168 valence electrons. The Labute approximate surface area is 182 Å². The molecule has 2 heterocycles. The van der Waals surface area contributed by atoms with Crippen LogP contribution in [0.25, 0.3) is 0 Å². The molecule has 3 atom stereocenters. The first-order valence-corrected chi connectivity index (χ1v) is 11.1. The molecule has 31 heavy (non-hydrogen) atoms. The third-order valence-electron chi connectivity index (χ3n) is 6.52. The molecule has 3 unspecified atom stereocenters. The number of hydroxylamine groups is 2. The molecule has 8 nitrogen and oxygen atoms in total. The molecule has 0 bridgehead atoms. The molecule has 2 saturated heterocycles. The van der Waals surface area contributed by atoms with Crippen molar-refractivity contribution in [2.45, 2.75) is 57.2 Å². The van der Waals surface area contributed by atoms with Crippen molar-refractivity contribution in [1.82, 2.24) is 15.3 Å². The van der Waals surface area contributed by atoms with Crippen LogP contribution >= 0.6 is 0 Å². The maximum atomic E-state index is 13.5. The van der Waals surface area contributed by atoms with E-state index in [1.165, 1.54) is 9.96 Å². The maximum Gasteiger partial charge on any atom is 0.261 e. The van der Waals surface area contributed by atoms with E-state index in [2.05, 4.69) is 5.32 Å². The number of hydrogen-bond acceptors (Lipinski definition) is 6. The summed E-state index contributed by atoms with van der Waals surface area (Å²) in [6.45, 7) is 2.73. The Morgan fingerprint density at radius 1 is 1.13 bits per heavy atom. The molecule has 2 aliphatic heterocycles. The number of likely N-dealkylation sites (tertiary alicyclic amines) is 1. The second-order valence-corrected chi connectivity index (χ2v) is 8.66. The van der Waals surface area contributed by atoms with Crippen molar-refractivity contribution in [2.75, 3.05) is 26.8 Å². The normalized spacial score (nSPS) is 27.0. The number of imide groups is 1. The van der Waals surface area contributed by atoms with Crippen LogP contribution in [0.2, 0.25) is 0 Å². The topological polar surface area (TPSA) is 88.2 Å². The van der Waals surface area contributed by atoms with Gasteiger partial charge in [-0.1, -0.05) is 49.1 Å². The number of carbonyl (C=O) groups is 3. The van der Waals surface area contributed by atoms with E-state index >= 15 is 0 Å². The third kappa shape index (κ3) is 4.37. The Morgan fingerprint density at radius 3 is 2.52 bits per heavy atom. The number of aryl methyl sites for hydroxylation is 1. The summed E-state index contributed by atoms with van der Waals surface area (Å²) in [4.78, 5) is 46.6. The Kier molecular flexibility index (Phi) is 6.69. The van der Waals surface area contributed by atoms with Crippen LogP contribution in [0.5, 0.6) is 0 Å². The number of carbonyl (C=O) groups excluding carboxylic acids is 3. The summed E-state index contributed by atoms with van der Waals surface area (Å²) in [5, 5.41) is 4.28. The standard InChI is InChI=1S/C23H31N3O5/c1-15-8-10-16(11-9-15)20-19-21(31-25(20)14-18(27)24-12-13-30-2)23(29)26(22(19)28)17-6-4-3-5-7-17/h8-11,17,19-21H,3-7,12-14H2,1-2H3,(H,24,27). The van der Waals surface area contributed by atoms with Gasteiger partial charge in [0.1, 0.15) is 6.54 Å². The molecule has 1 aromatic rings. The van der Waals surface area contributed by atoms with Gasteiger partial charge in [-0.05, 0) is 25.3 Å². The lowest BCUT2D eigenvalue weighted by molar-refractivity contribution is -0.184. The lowest BCUT2D eigenvalue weighted by Gasteiger charge is -2.32. The number of fused-ring (bicyclic) bond motifs is 1. The lowest BCUT2D eigenvalue weighted by atomic mass is 9.90. The summed E-state index contributed by atoms with van der Waals surface area (Å²) in [5.41, 5.74) is 1.97. The van der Waals surface area contributed by atoms with E-state index in [9.17, 15) is 14.4 Å². The molecular formula is C23H31N3O5. The van der Waals surface area contributed by atoms with Crippen molar-refractivity contribution in [3.8, 4) is 0 Å². The van der Waals surface area contributed by atoms with E-state index in [1.807, 2.05) is 31.2 Å². The van der Waals surface area contributed by atoms with Gasteiger partial charge in [-0.25, -0.2) is 0 Å². The minimum absolute atomic E-state index is 0.0348. The highest BCUT2D eigenvalue weighted by Crippen LogP contribution is 2.45. The van der Waals surface area contributed by atoms with Crippen molar-refractivity contribution in [3.63, 3.8) is 0 Å². The van der Waals surface area contributed by atoms with E-state index in [-0.39, 0.29) is 30.3 Å². The Bertz CT molecular complexity index is 821. The van der Waals surface area contributed by atoms with Crippen molar-refractivity contribution in [3.05, 3.63) is 35.4 Å². The second-order valence-electron chi connectivity index (χ2n) is 8.66. The number of rotatable bonds is 7. The van der Waals surface area contributed by atoms with Gasteiger partial charge in [0.05, 0.1) is 18.6 Å². The average Bonchev–Trinajstić information content (AvgIpc) is 3.24. The summed E-state index contributed by atoms with van der Waals surface area (Å²) >= 11 is 0. The van der Waals surface area contributed by atoms with Gasteiger partial charge >= 0.3 is 0 Å². The number of nitrogens with zero attached hydrogens (tertiary/aromatic N) is 2. The first-order chi connectivity index (χ1) is 15.0. The monoisotopic (exact) mass is 429 g/mol. The van der Waals surface area contributed by atoms with Crippen LogP contribution in [-0.4, -0.2) is 66.6 Å². The van der Waals surface area contributed by atoms with Crippen LogP contribution < -0.4 is 5.32 Å². The lowest BCUT2D eigenvalue weighted by Crippen LogP contribution is -2.45. The molecule has 1 N–H and O–H groups in total. The van der Waals surface area contributed by atoms with E-state index < -0.39 is 18.1 Å². The molecule has 3 aliphatic rings. The molecule has 0 spiro atoms. The number of ether oxygens (including phenoxy) is 1. The SMILES string of the molecule is COCCNC(=O)CN1OC2C(=O)N(C3CCCCC3)C(=O)C2C1c1ccc(C)cc1. The van der Waals surface area contributed by atoms with Gasteiger partial charge in [0.15, 0.2) is 6.10 Å². The van der Waals surface area contributed by atoms with Gasteiger partial charge in [0.2, 0.25) is 11.8 Å². The largest absolute Gasteiger partial charge is 0.383 e. The zero-order valence-electron chi connectivity index (χ0n) is 18.2. The highest BCUT2D eigenvalue weighted by molar-refractivity contribution is 6.07. The van der Waals surface area contributed by atoms with Crippen LogP contribution in [0.15, 0.2) is 24.3 Å². The van der Waals surface area contributed by atoms with Crippen molar-refractivity contribution in [2.24, 2.45) is 5.92 Å². The molecule has 3 amide bonds. The Morgan fingerprint density at radius 2 is 1.84 bits per heavy atom. The fourth-order valence-corrected chi connectivity index (χ4v) is 4.95. The van der Waals surface area contributed by atoms with Crippen molar-refractivity contribution < 1.29 is 24.0 Å². The molecule has 8 heteroatoms. The highest BCUT2D eigenvalue weighted by atomic mass is 16.7. The predicted molar refractivity (Wildman–Crippen MR) is 113 cm³/mol. The summed E-state index contributed by atoms with van der Waals surface area (Å²) < 4.78 is 4.97. The van der Waals surface area contributed by atoms with Crippen molar-refractivity contribution >= 4 is 17.7 Å². The summed E-state index contributed by atoms with van der Waals surface area (Å²) in [6, 6.07) is 7.32. The van der Waals surface area contributed by atoms with Gasteiger partial charge in [-0.3, -0.25) is 24.1 Å². The first kappa shape index (κ1) is 21.9. The zero-order valence-corrected chi connectivity index (χ0v) is 18.2. The van der Waals surface area contributed by atoms with Crippen LogP contribution in [0.3, 0.4) is 0 Å². The van der Waals surface area contributed by atoms with Gasteiger partial charge in [0.25, 0.3) is 5.91 Å². The maximum absolute atomic E-state index is 13.5. The van der Waals surface area contributed by atoms with E-state index in [1.54, 1.807) is 7.11 Å². The molecule has 0 aromatic heterocycles. The number of nitrogens with one attached hydrogen (secondary N) is 1. The van der Waals surface area contributed by atoms with Gasteiger partial charge < -0.3 is 10.1 Å². The quantitative estimate of drug-likeness (QED) is 0.525. The minimum Gasteiger partial charge on any atom is -0.383 e. The molecule has 0 radical (unpaired) electrons. The summed E-state index contributed by atoms with van der Waals surface area (Å²) in [7, 11) is 1.57. The molecule has 1 aliphatic carbocycles. The second kappa shape index (κ2) is 9.46. The predicted octanol–water partition coefficient (Wildman–Crippen LogP) is 1.73.